The van der Waals surface area contributed by atoms with Gasteiger partial charge in [-0.2, -0.15) is 0 Å². The molecule has 0 amide bonds. The highest BCUT2D eigenvalue weighted by Crippen LogP contribution is 2.21. The van der Waals surface area contributed by atoms with Crippen molar-refractivity contribution in [2.45, 2.75) is 0 Å². The Hall–Kier alpha value is -2.23. The third-order valence-electron chi connectivity index (χ3n) is 2.50. The first-order valence-corrected chi connectivity index (χ1v) is 4.58. The van der Waals surface area contributed by atoms with Gasteiger partial charge in [-0.15, -0.1) is 0 Å². The van der Waals surface area contributed by atoms with Gasteiger partial charge in [0.2, 0.25) is 0 Å². The van der Waals surface area contributed by atoms with Crippen molar-refractivity contribution >= 4 is 16.6 Å². The van der Waals surface area contributed by atoms with Gasteiger partial charge in [-0.25, -0.2) is 0 Å². The second kappa shape index (κ2) is 2.63. The van der Waals surface area contributed by atoms with Crippen LogP contribution in [-0.2, 0) is 0 Å². The number of hydrogen-bond donors (Lipinski definition) is 2. The number of nitrogens with one attached hydrogen (secondary N) is 1. The summed E-state index contributed by atoms with van der Waals surface area (Å²) >= 11 is 0. The molecule has 3 aromatic rings. The van der Waals surface area contributed by atoms with Crippen molar-refractivity contribution < 1.29 is 5.11 Å². The van der Waals surface area contributed by atoms with Crippen LogP contribution in [0.2, 0.25) is 0 Å². The normalized spacial score (nSPS) is 11.2. The first-order valence-electron chi connectivity index (χ1n) is 4.58. The van der Waals surface area contributed by atoms with Gasteiger partial charge in [-0.1, -0.05) is 6.07 Å². The van der Waals surface area contributed by atoms with E-state index in [4.69, 9.17) is 0 Å². The molecule has 2 aromatic heterocycles. The summed E-state index contributed by atoms with van der Waals surface area (Å²) in [4.78, 5) is 14.3. The second-order valence-electron chi connectivity index (χ2n) is 3.39. The first-order chi connectivity index (χ1) is 7.27. The standard InChI is InChI=1S/C11H8N2O2/c14-9-5-1-3-7-10(9)12-11(15)8-4-2-6-13(7)8/h1-6,14H,(H,12,15). The van der Waals surface area contributed by atoms with Crippen LogP contribution in [0.4, 0.5) is 0 Å². The Balaban J connectivity index is 2.72. The molecule has 0 saturated heterocycles. The van der Waals surface area contributed by atoms with Crippen LogP contribution in [0.5, 0.6) is 5.75 Å². The Morgan fingerprint density at radius 3 is 2.80 bits per heavy atom. The summed E-state index contributed by atoms with van der Waals surface area (Å²) in [5, 5.41) is 9.61. The van der Waals surface area contributed by atoms with E-state index in [0.717, 1.165) is 5.52 Å². The van der Waals surface area contributed by atoms with Crippen molar-refractivity contribution in [3.63, 3.8) is 0 Å². The largest absolute Gasteiger partial charge is 0.506 e. The fourth-order valence-corrected chi connectivity index (χ4v) is 1.81. The maximum Gasteiger partial charge on any atom is 0.272 e. The van der Waals surface area contributed by atoms with E-state index in [1.54, 1.807) is 34.9 Å². The Kier molecular flexibility index (Phi) is 1.42. The third-order valence-corrected chi connectivity index (χ3v) is 2.50. The topological polar surface area (TPSA) is 57.5 Å². The average Bonchev–Trinajstić information content (AvgIpc) is 2.69. The number of aromatic nitrogens is 2. The molecule has 0 bridgehead atoms. The molecule has 2 heterocycles. The molecule has 0 atom stereocenters. The number of nitrogens with zero attached hydrogens (tertiary/aromatic N) is 1. The van der Waals surface area contributed by atoms with Crippen LogP contribution in [0.1, 0.15) is 0 Å². The lowest BCUT2D eigenvalue weighted by Gasteiger charge is -2.03. The molecular weight excluding hydrogens is 192 g/mol. The molecule has 0 aliphatic rings. The number of phenolic OH excluding ortho intramolecular Hbond substituents is 1. The molecular formula is C11H8N2O2. The van der Waals surface area contributed by atoms with Crippen molar-refractivity contribution in [1.29, 1.82) is 0 Å². The molecule has 4 nitrogen and oxygen atoms in total. The number of aromatic amines is 1. The fraction of sp³-hybridized carbons (Fsp3) is 0. The van der Waals surface area contributed by atoms with E-state index in [-0.39, 0.29) is 11.3 Å². The summed E-state index contributed by atoms with van der Waals surface area (Å²) in [7, 11) is 0. The van der Waals surface area contributed by atoms with Crippen LogP contribution in [0.15, 0.2) is 41.3 Å². The molecule has 0 spiro atoms. The van der Waals surface area contributed by atoms with Gasteiger partial charge in [-0.3, -0.25) is 4.79 Å². The SMILES string of the molecule is O=c1[nH]c2c(O)cccc2n2cccc12. The third kappa shape index (κ3) is 0.985. The van der Waals surface area contributed by atoms with E-state index in [9.17, 15) is 9.90 Å². The maximum atomic E-state index is 11.6. The smallest absolute Gasteiger partial charge is 0.272 e. The van der Waals surface area contributed by atoms with Crippen LogP contribution in [0.25, 0.3) is 16.6 Å². The molecule has 15 heavy (non-hydrogen) atoms. The Labute approximate surface area is 84.4 Å². The van der Waals surface area contributed by atoms with Gasteiger partial charge in [-0.05, 0) is 24.3 Å². The van der Waals surface area contributed by atoms with Gasteiger partial charge in [0.15, 0.2) is 0 Å². The van der Waals surface area contributed by atoms with Gasteiger partial charge in [0, 0.05) is 6.20 Å². The number of aromatic hydroxyl groups is 1. The number of benzene rings is 1. The zero-order valence-electron chi connectivity index (χ0n) is 7.77. The highest BCUT2D eigenvalue weighted by molar-refractivity contribution is 5.83. The Morgan fingerprint density at radius 2 is 1.93 bits per heavy atom. The predicted molar refractivity (Wildman–Crippen MR) is 57.2 cm³/mol. The molecule has 1 aromatic carbocycles. The highest BCUT2D eigenvalue weighted by Gasteiger charge is 2.06. The quantitative estimate of drug-likeness (QED) is 0.577. The first kappa shape index (κ1) is 8.11. The van der Waals surface area contributed by atoms with E-state index in [1.165, 1.54) is 0 Å². The van der Waals surface area contributed by atoms with Crippen LogP contribution < -0.4 is 5.56 Å². The van der Waals surface area contributed by atoms with Gasteiger partial charge in [0.25, 0.3) is 5.56 Å². The predicted octanol–water partition coefficient (Wildman–Crippen LogP) is 1.49. The fourth-order valence-electron chi connectivity index (χ4n) is 1.81. The Bertz CT molecular complexity index is 709. The van der Waals surface area contributed by atoms with Crippen LogP contribution in [-0.4, -0.2) is 14.5 Å². The highest BCUT2D eigenvalue weighted by atomic mass is 16.3. The van der Waals surface area contributed by atoms with E-state index in [0.29, 0.717) is 11.0 Å². The van der Waals surface area contributed by atoms with Crippen molar-refractivity contribution in [3.8, 4) is 5.75 Å². The maximum absolute atomic E-state index is 11.6. The number of H-pyrrole nitrogens is 1. The van der Waals surface area contributed by atoms with Gasteiger partial charge in [0.05, 0.1) is 5.52 Å². The van der Waals surface area contributed by atoms with Crippen LogP contribution >= 0.6 is 0 Å². The van der Waals surface area contributed by atoms with E-state index < -0.39 is 0 Å². The van der Waals surface area contributed by atoms with E-state index >= 15 is 0 Å². The lowest BCUT2D eigenvalue weighted by molar-refractivity contribution is 0.480. The molecule has 0 radical (unpaired) electrons. The number of hydrogen-bond acceptors (Lipinski definition) is 2. The molecule has 3 rings (SSSR count). The molecule has 4 heteroatoms. The lowest BCUT2D eigenvalue weighted by atomic mass is 10.2. The van der Waals surface area contributed by atoms with Gasteiger partial charge in [0.1, 0.15) is 16.8 Å². The monoisotopic (exact) mass is 200 g/mol. The minimum atomic E-state index is -0.200. The second-order valence-corrected chi connectivity index (χ2v) is 3.39. The van der Waals surface area contributed by atoms with Gasteiger partial charge >= 0.3 is 0 Å². The summed E-state index contributed by atoms with van der Waals surface area (Å²) in [6, 6.07) is 8.68. The van der Waals surface area contributed by atoms with Crippen LogP contribution in [0.3, 0.4) is 0 Å². The summed E-state index contributed by atoms with van der Waals surface area (Å²) in [5.74, 6) is 0.0835. The van der Waals surface area contributed by atoms with Crippen molar-refractivity contribution in [2.24, 2.45) is 0 Å². The number of phenols is 1. The number of para-hydroxylation sites is 1. The van der Waals surface area contributed by atoms with Crippen molar-refractivity contribution in [2.75, 3.05) is 0 Å². The molecule has 2 N–H and O–H groups in total. The summed E-state index contributed by atoms with van der Waals surface area (Å²) < 4.78 is 1.76. The van der Waals surface area contributed by atoms with Gasteiger partial charge < -0.3 is 14.5 Å². The number of fused-ring (bicyclic) bond motifs is 3. The zero-order valence-corrected chi connectivity index (χ0v) is 7.77. The minimum Gasteiger partial charge on any atom is -0.506 e. The van der Waals surface area contributed by atoms with Crippen molar-refractivity contribution in [1.82, 2.24) is 9.38 Å². The molecule has 0 saturated carbocycles. The van der Waals surface area contributed by atoms with E-state index in [2.05, 4.69) is 4.98 Å². The van der Waals surface area contributed by atoms with Crippen molar-refractivity contribution in [3.05, 3.63) is 46.9 Å². The Morgan fingerprint density at radius 1 is 1.13 bits per heavy atom. The summed E-state index contributed by atoms with van der Waals surface area (Å²) in [5.41, 5.74) is 1.63. The lowest BCUT2D eigenvalue weighted by Crippen LogP contribution is -2.09. The number of rotatable bonds is 0. The molecule has 74 valence electrons. The summed E-state index contributed by atoms with van der Waals surface area (Å²) in [6.07, 6.45) is 1.80. The average molecular weight is 200 g/mol. The molecule has 0 fully saturated rings. The molecule has 0 aliphatic heterocycles. The van der Waals surface area contributed by atoms with E-state index in [1.807, 2.05) is 6.07 Å². The summed E-state index contributed by atoms with van der Waals surface area (Å²) in [6.45, 7) is 0. The van der Waals surface area contributed by atoms with Crippen LogP contribution in [0, 0.1) is 0 Å². The zero-order chi connectivity index (χ0) is 10.4. The molecule has 0 unspecified atom stereocenters. The minimum absolute atomic E-state index is 0.0835. The molecule has 0 aliphatic carbocycles.